The highest BCUT2D eigenvalue weighted by Gasteiger charge is 2.24. The second-order valence-corrected chi connectivity index (χ2v) is 6.01. The number of anilines is 1. The monoisotopic (exact) mass is 353 g/mol. The molecule has 1 aliphatic heterocycles. The van der Waals surface area contributed by atoms with E-state index in [1.165, 1.54) is 0 Å². The molecule has 0 radical (unpaired) electrons. The zero-order chi connectivity index (χ0) is 15.2. The summed E-state index contributed by atoms with van der Waals surface area (Å²) in [6.45, 7) is 4.69. The van der Waals surface area contributed by atoms with Crippen LogP contribution >= 0.6 is 15.9 Å². The number of hydrogen-bond acceptors (Lipinski definition) is 3. The third-order valence-corrected chi connectivity index (χ3v) is 4.19. The van der Waals surface area contributed by atoms with Crippen LogP contribution < -0.4 is 10.6 Å². The minimum atomic E-state index is -0.630. The Balaban J connectivity index is 1.81. The maximum atomic E-state index is 11.8. The number of likely N-dealkylation sites (tertiary alicyclic amines) is 1. The summed E-state index contributed by atoms with van der Waals surface area (Å²) in [6.07, 6.45) is 2.22. The highest BCUT2D eigenvalue weighted by Crippen LogP contribution is 2.16. The molecule has 0 bridgehead atoms. The summed E-state index contributed by atoms with van der Waals surface area (Å²) in [5.41, 5.74) is 0.598. The Kier molecular flexibility index (Phi) is 5.76. The second kappa shape index (κ2) is 7.56. The van der Waals surface area contributed by atoms with Gasteiger partial charge >= 0.3 is 11.8 Å². The number of carbonyl (C=O) groups is 2. The molecule has 6 heteroatoms. The van der Waals surface area contributed by atoms with Crippen LogP contribution in [0.2, 0.25) is 0 Å². The van der Waals surface area contributed by atoms with E-state index in [0.29, 0.717) is 18.3 Å². The molecular formula is C15H20BrN3O2. The summed E-state index contributed by atoms with van der Waals surface area (Å²) in [7, 11) is 0. The molecular weight excluding hydrogens is 334 g/mol. The largest absolute Gasteiger partial charge is 0.346 e. The SMILES string of the molecule is CCN1CCC[C@@H]1CNC(=O)C(=O)Nc1cccc(Br)c1. The minimum Gasteiger partial charge on any atom is -0.346 e. The second-order valence-electron chi connectivity index (χ2n) is 5.10. The van der Waals surface area contributed by atoms with Gasteiger partial charge in [-0.2, -0.15) is 0 Å². The Morgan fingerprint density at radius 1 is 1.38 bits per heavy atom. The molecule has 0 saturated carbocycles. The molecule has 1 fully saturated rings. The fourth-order valence-electron chi connectivity index (χ4n) is 2.59. The van der Waals surface area contributed by atoms with Gasteiger partial charge in [0.1, 0.15) is 0 Å². The van der Waals surface area contributed by atoms with E-state index < -0.39 is 11.8 Å². The molecule has 0 spiro atoms. The average molecular weight is 354 g/mol. The van der Waals surface area contributed by atoms with Crippen LogP contribution in [0, 0.1) is 0 Å². The molecule has 2 amide bonds. The van der Waals surface area contributed by atoms with Gasteiger partial charge in [0.05, 0.1) is 0 Å². The Morgan fingerprint density at radius 2 is 2.19 bits per heavy atom. The summed E-state index contributed by atoms with van der Waals surface area (Å²) in [6, 6.07) is 7.49. The number of halogens is 1. The maximum Gasteiger partial charge on any atom is 0.313 e. The van der Waals surface area contributed by atoms with Gasteiger partial charge in [-0.15, -0.1) is 0 Å². The topological polar surface area (TPSA) is 61.4 Å². The molecule has 1 aliphatic rings. The lowest BCUT2D eigenvalue weighted by molar-refractivity contribution is -0.136. The van der Waals surface area contributed by atoms with Gasteiger partial charge in [0.15, 0.2) is 0 Å². The maximum absolute atomic E-state index is 11.8. The molecule has 114 valence electrons. The molecule has 1 heterocycles. The number of likely N-dealkylation sites (N-methyl/N-ethyl adjacent to an activating group) is 1. The van der Waals surface area contributed by atoms with Gasteiger partial charge in [0.25, 0.3) is 0 Å². The van der Waals surface area contributed by atoms with E-state index in [4.69, 9.17) is 0 Å². The fourth-order valence-corrected chi connectivity index (χ4v) is 2.99. The molecule has 0 aromatic heterocycles. The molecule has 2 N–H and O–H groups in total. The van der Waals surface area contributed by atoms with Crippen molar-refractivity contribution in [2.24, 2.45) is 0 Å². The highest BCUT2D eigenvalue weighted by molar-refractivity contribution is 9.10. The van der Waals surface area contributed by atoms with E-state index in [0.717, 1.165) is 30.4 Å². The third kappa shape index (κ3) is 4.54. The molecule has 1 aromatic carbocycles. The lowest BCUT2D eigenvalue weighted by Gasteiger charge is -2.22. The van der Waals surface area contributed by atoms with Gasteiger partial charge in [-0.3, -0.25) is 14.5 Å². The Bertz CT molecular complexity index is 521. The molecule has 1 atom stereocenters. The molecule has 0 unspecified atom stereocenters. The fraction of sp³-hybridized carbons (Fsp3) is 0.467. The van der Waals surface area contributed by atoms with Crippen LogP contribution in [-0.4, -0.2) is 42.4 Å². The predicted molar refractivity (Wildman–Crippen MR) is 86.1 cm³/mol. The van der Waals surface area contributed by atoms with Crippen molar-refractivity contribution >= 4 is 33.4 Å². The number of hydrogen-bond donors (Lipinski definition) is 2. The Hall–Kier alpha value is -1.40. The van der Waals surface area contributed by atoms with Crippen molar-refractivity contribution in [1.82, 2.24) is 10.2 Å². The summed E-state index contributed by atoms with van der Waals surface area (Å²) < 4.78 is 0.852. The van der Waals surface area contributed by atoms with Crippen LogP contribution in [0.15, 0.2) is 28.7 Å². The molecule has 0 aliphatic carbocycles. The lowest BCUT2D eigenvalue weighted by atomic mass is 10.2. The quantitative estimate of drug-likeness (QED) is 0.813. The van der Waals surface area contributed by atoms with Gasteiger partial charge in [-0.1, -0.05) is 28.9 Å². The van der Waals surface area contributed by atoms with Crippen molar-refractivity contribution in [1.29, 1.82) is 0 Å². The first kappa shape index (κ1) is 16.0. The zero-order valence-corrected chi connectivity index (χ0v) is 13.6. The van der Waals surface area contributed by atoms with E-state index in [1.807, 2.05) is 6.07 Å². The van der Waals surface area contributed by atoms with Gasteiger partial charge in [0, 0.05) is 22.7 Å². The van der Waals surface area contributed by atoms with Gasteiger partial charge in [-0.25, -0.2) is 0 Å². The number of benzene rings is 1. The van der Waals surface area contributed by atoms with E-state index in [1.54, 1.807) is 18.2 Å². The van der Waals surface area contributed by atoms with E-state index in [9.17, 15) is 9.59 Å². The molecule has 1 saturated heterocycles. The predicted octanol–water partition coefficient (Wildman–Crippen LogP) is 1.99. The third-order valence-electron chi connectivity index (χ3n) is 3.69. The van der Waals surface area contributed by atoms with Gasteiger partial charge < -0.3 is 10.6 Å². The first-order chi connectivity index (χ1) is 10.1. The number of nitrogens with one attached hydrogen (secondary N) is 2. The number of nitrogens with zero attached hydrogens (tertiary/aromatic N) is 1. The minimum absolute atomic E-state index is 0.345. The molecule has 2 rings (SSSR count). The average Bonchev–Trinajstić information content (AvgIpc) is 2.92. The first-order valence-electron chi connectivity index (χ1n) is 7.19. The molecule has 1 aromatic rings. The van der Waals surface area contributed by atoms with Crippen molar-refractivity contribution in [2.75, 3.05) is 25.0 Å². The Labute approximate surface area is 133 Å². The van der Waals surface area contributed by atoms with Crippen molar-refractivity contribution < 1.29 is 9.59 Å². The lowest BCUT2D eigenvalue weighted by Crippen LogP contribution is -2.43. The van der Waals surface area contributed by atoms with Crippen LogP contribution in [0.3, 0.4) is 0 Å². The number of rotatable bonds is 4. The van der Waals surface area contributed by atoms with Crippen molar-refractivity contribution in [3.05, 3.63) is 28.7 Å². The van der Waals surface area contributed by atoms with E-state index in [2.05, 4.69) is 38.4 Å². The number of carbonyl (C=O) groups excluding carboxylic acids is 2. The van der Waals surface area contributed by atoms with Crippen LogP contribution in [0.1, 0.15) is 19.8 Å². The van der Waals surface area contributed by atoms with Crippen molar-refractivity contribution in [3.63, 3.8) is 0 Å². The standard InChI is InChI=1S/C15H20BrN3O2/c1-2-19-8-4-7-13(19)10-17-14(20)15(21)18-12-6-3-5-11(16)9-12/h3,5-6,9,13H,2,4,7-8,10H2,1H3,(H,17,20)(H,18,21)/t13-/m1/s1. The van der Waals surface area contributed by atoms with Crippen molar-refractivity contribution in [3.8, 4) is 0 Å². The van der Waals surface area contributed by atoms with Crippen LogP contribution in [0.4, 0.5) is 5.69 Å². The van der Waals surface area contributed by atoms with Crippen LogP contribution in [-0.2, 0) is 9.59 Å². The van der Waals surface area contributed by atoms with Gasteiger partial charge in [0.2, 0.25) is 0 Å². The smallest absolute Gasteiger partial charge is 0.313 e. The molecule has 21 heavy (non-hydrogen) atoms. The summed E-state index contributed by atoms with van der Waals surface area (Å²) in [5.74, 6) is -1.22. The van der Waals surface area contributed by atoms with Crippen LogP contribution in [0.5, 0.6) is 0 Å². The zero-order valence-electron chi connectivity index (χ0n) is 12.1. The Morgan fingerprint density at radius 3 is 2.90 bits per heavy atom. The summed E-state index contributed by atoms with van der Waals surface area (Å²) in [4.78, 5) is 26.0. The number of amides is 2. The highest BCUT2D eigenvalue weighted by atomic mass is 79.9. The van der Waals surface area contributed by atoms with E-state index in [-0.39, 0.29) is 0 Å². The molecule has 5 nitrogen and oxygen atoms in total. The first-order valence-corrected chi connectivity index (χ1v) is 7.98. The van der Waals surface area contributed by atoms with Crippen molar-refractivity contribution in [2.45, 2.75) is 25.8 Å². The summed E-state index contributed by atoms with van der Waals surface area (Å²) in [5, 5.41) is 5.31. The van der Waals surface area contributed by atoms with Gasteiger partial charge in [-0.05, 0) is 44.1 Å². The summed E-state index contributed by atoms with van der Waals surface area (Å²) >= 11 is 3.32. The normalized spacial score (nSPS) is 18.5. The van der Waals surface area contributed by atoms with Crippen LogP contribution in [0.25, 0.3) is 0 Å². The van der Waals surface area contributed by atoms with E-state index >= 15 is 0 Å².